The van der Waals surface area contributed by atoms with Crippen molar-refractivity contribution < 1.29 is 0 Å². The molecule has 2 heterocycles. The van der Waals surface area contributed by atoms with Gasteiger partial charge in [0.1, 0.15) is 0 Å². The molecule has 0 saturated carbocycles. The minimum absolute atomic E-state index is 0.588. The second-order valence-corrected chi connectivity index (χ2v) is 7.23. The fraction of sp³-hybridized carbons (Fsp3) is 0.615. The van der Waals surface area contributed by atoms with Crippen LogP contribution in [-0.2, 0) is 6.54 Å². The molecule has 0 aliphatic carbocycles. The zero-order chi connectivity index (χ0) is 12.4. The van der Waals surface area contributed by atoms with Gasteiger partial charge in [0.2, 0.25) is 0 Å². The third kappa shape index (κ3) is 3.26. The number of thioether (sulfide) groups is 1. The van der Waals surface area contributed by atoms with Crippen LogP contribution in [0.5, 0.6) is 0 Å². The monoisotopic (exact) mass is 268 g/mol. The third-order valence-corrected chi connectivity index (χ3v) is 5.29. The van der Waals surface area contributed by atoms with E-state index in [2.05, 4.69) is 44.1 Å². The molecule has 1 N–H and O–H groups in total. The van der Waals surface area contributed by atoms with Gasteiger partial charge in [-0.3, -0.25) is 4.99 Å². The van der Waals surface area contributed by atoms with Gasteiger partial charge in [-0.1, -0.05) is 25.6 Å². The number of aliphatic imine (C=N–C) groups is 1. The topological polar surface area (TPSA) is 24.4 Å². The van der Waals surface area contributed by atoms with Gasteiger partial charge in [-0.2, -0.15) is 0 Å². The summed E-state index contributed by atoms with van der Waals surface area (Å²) < 4.78 is 0. The molecule has 2 rings (SSSR count). The highest BCUT2D eigenvalue weighted by Crippen LogP contribution is 2.23. The van der Waals surface area contributed by atoms with Crippen molar-refractivity contribution in [1.82, 2.24) is 5.32 Å². The molecule has 1 saturated heterocycles. The highest BCUT2D eigenvalue weighted by atomic mass is 32.2. The molecule has 4 heteroatoms. The molecule has 1 fully saturated rings. The number of hydrogen-bond acceptors (Lipinski definition) is 3. The lowest BCUT2D eigenvalue weighted by atomic mass is 10.1. The zero-order valence-corrected chi connectivity index (χ0v) is 12.5. The van der Waals surface area contributed by atoms with Gasteiger partial charge in [-0.25, -0.2) is 0 Å². The van der Waals surface area contributed by atoms with Gasteiger partial charge in [-0.05, 0) is 31.4 Å². The lowest BCUT2D eigenvalue weighted by Crippen LogP contribution is -2.31. The van der Waals surface area contributed by atoms with Crippen molar-refractivity contribution in [2.75, 3.05) is 5.75 Å². The molecule has 1 aliphatic heterocycles. The zero-order valence-electron chi connectivity index (χ0n) is 10.9. The van der Waals surface area contributed by atoms with Crippen LogP contribution in [0.4, 0.5) is 0 Å². The molecular formula is C13H20N2S2. The molecule has 1 aromatic heterocycles. The average Bonchev–Trinajstić information content (AvgIpc) is 2.84. The van der Waals surface area contributed by atoms with E-state index in [1.165, 1.54) is 15.3 Å². The second-order valence-electron chi connectivity index (χ2n) is 4.88. The summed E-state index contributed by atoms with van der Waals surface area (Å²) >= 11 is 3.71. The van der Waals surface area contributed by atoms with Crippen LogP contribution >= 0.6 is 23.1 Å². The van der Waals surface area contributed by atoms with Gasteiger partial charge in [0.05, 0.1) is 6.54 Å². The molecule has 2 nitrogen and oxygen atoms in total. The van der Waals surface area contributed by atoms with E-state index >= 15 is 0 Å². The molecule has 0 radical (unpaired) electrons. The van der Waals surface area contributed by atoms with Crippen molar-refractivity contribution in [1.29, 1.82) is 0 Å². The Morgan fingerprint density at radius 3 is 2.76 bits per heavy atom. The average molecular weight is 268 g/mol. The van der Waals surface area contributed by atoms with Crippen LogP contribution in [0.25, 0.3) is 0 Å². The number of nitrogens with one attached hydrogen (secondary N) is 1. The number of rotatable bonds is 3. The Morgan fingerprint density at radius 1 is 1.47 bits per heavy atom. The summed E-state index contributed by atoms with van der Waals surface area (Å²) in [5.74, 6) is 1.83. The minimum Gasteiger partial charge on any atom is -0.361 e. The van der Waals surface area contributed by atoms with E-state index in [-0.39, 0.29) is 0 Å². The number of thiophene rings is 1. The van der Waals surface area contributed by atoms with Crippen molar-refractivity contribution in [2.24, 2.45) is 10.9 Å². The summed E-state index contributed by atoms with van der Waals surface area (Å²) in [6, 6.07) is 2.84. The summed E-state index contributed by atoms with van der Waals surface area (Å²) in [6.07, 6.45) is 0. The number of nitrogens with zero attached hydrogens (tertiary/aromatic N) is 1. The smallest absolute Gasteiger partial charge is 0.157 e. The van der Waals surface area contributed by atoms with Gasteiger partial charge >= 0.3 is 0 Å². The van der Waals surface area contributed by atoms with Crippen LogP contribution in [0.3, 0.4) is 0 Å². The highest BCUT2D eigenvalue weighted by Gasteiger charge is 2.22. The molecule has 0 aromatic carbocycles. The van der Waals surface area contributed by atoms with E-state index in [4.69, 9.17) is 0 Å². The Hall–Kier alpha value is -0.480. The molecule has 0 unspecified atom stereocenters. The largest absolute Gasteiger partial charge is 0.361 e. The quantitative estimate of drug-likeness (QED) is 0.906. The summed E-state index contributed by atoms with van der Waals surface area (Å²) in [5.41, 5.74) is 1.39. The van der Waals surface area contributed by atoms with Crippen LogP contribution in [-0.4, -0.2) is 17.0 Å². The molecule has 0 bridgehead atoms. The Kier molecular flexibility index (Phi) is 4.15. The van der Waals surface area contributed by atoms with E-state index in [9.17, 15) is 0 Å². The Balaban J connectivity index is 1.93. The van der Waals surface area contributed by atoms with Crippen molar-refractivity contribution >= 4 is 28.3 Å². The van der Waals surface area contributed by atoms with Gasteiger partial charge < -0.3 is 5.32 Å². The van der Waals surface area contributed by atoms with Crippen molar-refractivity contribution in [2.45, 2.75) is 40.3 Å². The second kappa shape index (κ2) is 5.44. The van der Waals surface area contributed by atoms with E-state index in [0.717, 1.165) is 17.5 Å². The van der Waals surface area contributed by atoms with E-state index < -0.39 is 0 Å². The molecule has 1 atom stereocenters. The Labute approximate surface area is 112 Å². The summed E-state index contributed by atoms with van der Waals surface area (Å²) in [6.45, 7) is 9.67. The first-order valence-corrected chi connectivity index (χ1v) is 7.86. The summed E-state index contributed by atoms with van der Waals surface area (Å²) in [5, 5.41) is 4.62. The number of hydrogen-bond donors (Lipinski definition) is 1. The van der Waals surface area contributed by atoms with Crippen molar-refractivity contribution in [3.63, 3.8) is 0 Å². The fourth-order valence-electron chi connectivity index (χ4n) is 1.74. The Bertz CT molecular complexity index is 402. The molecule has 17 heavy (non-hydrogen) atoms. The van der Waals surface area contributed by atoms with Gasteiger partial charge in [0.15, 0.2) is 5.17 Å². The predicted octanol–water partition coefficient (Wildman–Crippen LogP) is 3.58. The molecule has 1 aliphatic rings. The summed E-state index contributed by atoms with van der Waals surface area (Å²) in [7, 11) is 0. The predicted molar refractivity (Wildman–Crippen MR) is 79.2 cm³/mol. The van der Waals surface area contributed by atoms with Crippen molar-refractivity contribution in [3.8, 4) is 0 Å². The molecule has 94 valence electrons. The standard InChI is InChI=1S/C13H20N2S2/c1-8(2)12-7-16-13(15-12)14-6-11-5-9(3)10(4)17-11/h5,8,12H,6-7H2,1-4H3,(H,14,15)/t12-/m1/s1. The molecule has 1 aromatic rings. The van der Waals surface area contributed by atoms with Crippen molar-refractivity contribution in [3.05, 3.63) is 21.4 Å². The van der Waals surface area contributed by atoms with E-state index in [1.807, 2.05) is 23.1 Å². The van der Waals surface area contributed by atoms with Gasteiger partial charge in [-0.15, -0.1) is 11.3 Å². The molecular weight excluding hydrogens is 248 g/mol. The molecule has 0 amide bonds. The SMILES string of the molecule is Cc1cc(CN=C2N[C@@H](C(C)C)CS2)sc1C. The van der Waals surface area contributed by atoms with Crippen LogP contribution in [0.1, 0.15) is 29.2 Å². The number of amidine groups is 1. The maximum Gasteiger partial charge on any atom is 0.157 e. The van der Waals surface area contributed by atoms with Crippen LogP contribution in [0.15, 0.2) is 11.1 Å². The fourth-order valence-corrected chi connectivity index (χ4v) is 3.91. The minimum atomic E-state index is 0.588. The van der Waals surface area contributed by atoms with Gasteiger partial charge in [0, 0.05) is 21.5 Å². The lowest BCUT2D eigenvalue weighted by Gasteiger charge is -2.12. The summed E-state index contributed by atoms with van der Waals surface area (Å²) in [4.78, 5) is 7.43. The van der Waals surface area contributed by atoms with E-state index in [0.29, 0.717) is 12.0 Å². The first kappa shape index (κ1) is 13.0. The maximum absolute atomic E-state index is 4.66. The maximum atomic E-state index is 4.66. The third-order valence-electron chi connectivity index (χ3n) is 3.11. The van der Waals surface area contributed by atoms with Crippen LogP contribution in [0, 0.1) is 19.8 Å². The highest BCUT2D eigenvalue weighted by molar-refractivity contribution is 8.14. The van der Waals surface area contributed by atoms with Crippen LogP contribution in [0.2, 0.25) is 0 Å². The first-order chi connectivity index (χ1) is 8.06. The Morgan fingerprint density at radius 2 is 2.24 bits per heavy atom. The van der Waals surface area contributed by atoms with Gasteiger partial charge in [0.25, 0.3) is 0 Å². The van der Waals surface area contributed by atoms with E-state index in [1.54, 1.807) is 0 Å². The van der Waals surface area contributed by atoms with Crippen LogP contribution < -0.4 is 5.32 Å². The first-order valence-electron chi connectivity index (χ1n) is 6.06. The molecule has 0 spiro atoms. The number of aryl methyl sites for hydroxylation is 2. The normalized spacial score (nSPS) is 22.4. The lowest BCUT2D eigenvalue weighted by molar-refractivity contribution is 0.503.